The van der Waals surface area contributed by atoms with Crippen molar-refractivity contribution in [2.45, 2.75) is 38.1 Å². The van der Waals surface area contributed by atoms with Crippen molar-refractivity contribution in [3.05, 3.63) is 95.3 Å². The summed E-state index contributed by atoms with van der Waals surface area (Å²) in [5, 5.41) is 0. The van der Waals surface area contributed by atoms with Crippen molar-refractivity contribution in [2.24, 2.45) is 0 Å². The highest BCUT2D eigenvalue weighted by atomic mass is 19.4. The van der Waals surface area contributed by atoms with Gasteiger partial charge in [-0.25, -0.2) is 0 Å². The van der Waals surface area contributed by atoms with E-state index in [1.54, 1.807) is 0 Å². The van der Waals surface area contributed by atoms with Crippen LogP contribution in [0.25, 0.3) is 0 Å². The fraction of sp³-hybridized carbons (Fsp3) is 0.419. The zero-order valence-corrected chi connectivity index (χ0v) is 22.9. The molecule has 2 fully saturated rings. The Hall–Kier alpha value is -3.63. The molecule has 2 aliphatic rings. The Balaban J connectivity index is 1.31. The van der Waals surface area contributed by atoms with Crippen molar-refractivity contribution in [3.63, 3.8) is 0 Å². The molecule has 1 saturated heterocycles. The summed E-state index contributed by atoms with van der Waals surface area (Å²) in [5.74, 6) is -0.620. The Kier molecular flexibility index (Phi) is 9.09. The first kappa shape index (κ1) is 28.9. The van der Waals surface area contributed by atoms with Crippen molar-refractivity contribution in [3.8, 4) is 0 Å². The average Bonchev–Trinajstić information content (AvgIpc) is 3.73. The van der Waals surface area contributed by atoms with Crippen molar-refractivity contribution < 1.29 is 27.5 Å². The van der Waals surface area contributed by atoms with Gasteiger partial charge in [0, 0.05) is 56.2 Å². The van der Waals surface area contributed by atoms with Gasteiger partial charge in [-0.2, -0.15) is 13.2 Å². The molecule has 2 amide bonds. The van der Waals surface area contributed by atoms with E-state index in [4.69, 9.17) is 4.74 Å². The summed E-state index contributed by atoms with van der Waals surface area (Å²) in [4.78, 5) is 32.7. The summed E-state index contributed by atoms with van der Waals surface area (Å²) in [6.45, 7) is 4.46. The third-order valence-electron chi connectivity index (χ3n) is 7.62. The van der Waals surface area contributed by atoms with Crippen LogP contribution in [0.1, 0.15) is 40.0 Å². The topological polar surface area (TPSA) is 58.0 Å². The fourth-order valence-electron chi connectivity index (χ4n) is 5.09. The number of carbonyl (C=O) groups excluding carboxylic acids is 2. The molecule has 0 N–H and O–H groups in total. The summed E-state index contributed by atoms with van der Waals surface area (Å²) in [6, 6.07) is 18.4. The van der Waals surface area contributed by atoms with Crippen LogP contribution in [0.2, 0.25) is 0 Å². The van der Waals surface area contributed by atoms with Gasteiger partial charge in [-0.05, 0) is 54.8 Å². The number of halogens is 3. The van der Waals surface area contributed by atoms with Gasteiger partial charge in [0.15, 0.2) is 0 Å². The molecule has 2 heterocycles. The Morgan fingerprint density at radius 3 is 2.29 bits per heavy atom. The number of hydrogen-bond acceptors (Lipinski definition) is 4. The number of benzene rings is 2. The molecule has 5 rings (SSSR count). The zero-order valence-electron chi connectivity index (χ0n) is 22.9. The van der Waals surface area contributed by atoms with E-state index in [1.165, 1.54) is 17.0 Å². The van der Waals surface area contributed by atoms with Gasteiger partial charge in [0.2, 0.25) is 5.91 Å². The molecule has 1 saturated carbocycles. The molecule has 0 spiro atoms. The molecule has 0 bridgehead atoms. The predicted octanol–water partition coefficient (Wildman–Crippen LogP) is 4.52. The van der Waals surface area contributed by atoms with E-state index in [0.29, 0.717) is 32.8 Å². The van der Waals surface area contributed by atoms with E-state index in [1.807, 2.05) is 41.4 Å². The summed E-state index contributed by atoms with van der Waals surface area (Å²) in [6.07, 6.45) is -0.672. The van der Waals surface area contributed by atoms with Gasteiger partial charge in [0.1, 0.15) is 6.54 Å². The quantitative estimate of drug-likeness (QED) is 0.342. The van der Waals surface area contributed by atoms with E-state index in [-0.39, 0.29) is 30.6 Å². The molecule has 0 radical (unpaired) electrons. The summed E-state index contributed by atoms with van der Waals surface area (Å²) < 4.78 is 46.8. The monoisotopic (exact) mass is 568 g/mol. The molecular formula is C31H35F3N4O3. The molecule has 3 aromatic rings. The maximum Gasteiger partial charge on any atom is 0.416 e. The molecule has 10 heteroatoms. The van der Waals surface area contributed by atoms with Gasteiger partial charge in [0.25, 0.3) is 5.91 Å². The van der Waals surface area contributed by atoms with Gasteiger partial charge in [-0.15, -0.1) is 0 Å². The number of amides is 2. The second kappa shape index (κ2) is 12.9. The standard InChI is InChI=1S/C31H35F3N4O3/c32-31(33,34)26-10-8-25(9-11-26)30(40)37(16-15-35-17-19-41-20-18-35)23-29(39)38(27-12-13-27)22-28-7-4-14-36(28)21-24-5-2-1-3-6-24/h1-11,14,27H,12-13,15-23H2. The van der Waals surface area contributed by atoms with E-state index in [0.717, 1.165) is 49.3 Å². The Bertz CT molecular complexity index is 1300. The van der Waals surface area contributed by atoms with Crippen LogP contribution in [0.3, 0.4) is 0 Å². The first-order chi connectivity index (χ1) is 19.8. The molecule has 1 aromatic heterocycles. The van der Waals surface area contributed by atoms with Crippen LogP contribution in [-0.2, 0) is 28.8 Å². The molecule has 0 atom stereocenters. The zero-order chi connectivity index (χ0) is 28.8. The first-order valence-electron chi connectivity index (χ1n) is 14.0. The lowest BCUT2D eigenvalue weighted by atomic mass is 10.1. The fourth-order valence-corrected chi connectivity index (χ4v) is 5.09. The first-order valence-corrected chi connectivity index (χ1v) is 14.0. The van der Waals surface area contributed by atoms with E-state index in [9.17, 15) is 22.8 Å². The maximum atomic E-state index is 13.7. The van der Waals surface area contributed by atoms with E-state index in [2.05, 4.69) is 21.6 Å². The van der Waals surface area contributed by atoms with Crippen LogP contribution in [0, 0.1) is 0 Å². The second-order valence-corrected chi connectivity index (χ2v) is 10.6. The van der Waals surface area contributed by atoms with Crippen molar-refractivity contribution in [2.75, 3.05) is 45.9 Å². The van der Waals surface area contributed by atoms with Crippen LogP contribution in [0.15, 0.2) is 72.9 Å². The minimum absolute atomic E-state index is 0.116. The van der Waals surface area contributed by atoms with Crippen molar-refractivity contribution >= 4 is 11.8 Å². The Morgan fingerprint density at radius 2 is 1.63 bits per heavy atom. The van der Waals surface area contributed by atoms with Crippen LogP contribution in [-0.4, -0.2) is 83.1 Å². The van der Waals surface area contributed by atoms with Crippen molar-refractivity contribution in [1.29, 1.82) is 0 Å². The summed E-state index contributed by atoms with van der Waals surface area (Å²) in [5.41, 5.74) is 1.47. The maximum absolute atomic E-state index is 13.7. The highest BCUT2D eigenvalue weighted by Gasteiger charge is 2.35. The highest BCUT2D eigenvalue weighted by Crippen LogP contribution is 2.30. The van der Waals surface area contributed by atoms with Gasteiger partial charge < -0.3 is 19.1 Å². The van der Waals surface area contributed by atoms with Crippen LogP contribution in [0.4, 0.5) is 13.2 Å². The highest BCUT2D eigenvalue weighted by molar-refractivity contribution is 5.96. The van der Waals surface area contributed by atoms with Gasteiger partial charge in [-0.3, -0.25) is 14.5 Å². The number of rotatable bonds is 11. The number of morpholine rings is 1. The van der Waals surface area contributed by atoms with Gasteiger partial charge in [0.05, 0.1) is 25.3 Å². The third-order valence-corrected chi connectivity index (χ3v) is 7.62. The third kappa shape index (κ3) is 7.77. The number of alkyl halides is 3. The summed E-state index contributed by atoms with van der Waals surface area (Å²) >= 11 is 0. The number of nitrogens with zero attached hydrogens (tertiary/aromatic N) is 4. The Labute approximate surface area is 238 Å². The molecule has 41 heavy (non-hydrogen) atoms. The minimum Gasteiger partial charge on any atom is -0.379 e. The van der Waals surface area contributed by atoms with Gasteiger partial charge >= 0.3 is 6.18 Å². The lowest BCUT2D eigenvalue weighted by Crippen LogP contribution is -2.47. The average molecular weight is 569 g/mol. The second-order valence-electron chi connectivity index (χ2n) is 10.6. The molecular weight excluding hydrogens is 533 g/mol. The minimum atomic E-state index is -4.49. The molecule has 2 aromatic carbocycles. The number of aromatic nitrogens is 1. The van der Waals surface area contributed by atoms with Crippen LogP contribution >= 0.6 is 0 Å². The van der Waals surface area contributed by atoms with Crippen LogP contribution < -0.4 is 0 Å². The molecule has 7 nitrogen and oxygen atoms in total. The van der Waals surface area contributed by atoms with Gasteiger partial charge in [-0.1, -0.05) is 30.3 Å². The van der Waals surface area contributed by atoms with Crippen LogP contribution in [0.5, 0.6) is 0 Å². The Morgan fingerprint density at radius 1 is 0.927 bits per heavy atom. The molecule has 0 unspecified atom stereocenters. The lowest BCUT2D eigenvalue weighted by Gasteiger charge is -2.31. The number of hydrogen-bond donors (Lipinski definition) is 0. The number of carbonyl (C=O) groups is 2. The predicted molar refractivity (Wildman–Crippen MR) is 148 cm³/mol. The van der Waals surface area contributed by atoms with Crippen molar-refractivity contribution in [1.82, 2.24) is 19.3 Å². The molecule has 1 aliphatic heterocycles. The number of ether oxygens (including phenoxy) is 1. The SMILES string of the molecule is O=C(c1ccc(C(F)(F)F)cc1)N(CCN1CCOCC1)CC(=O)N(Cc1cccn1Cc1ccccc1)C1CC1. The van der Waals surface area contributed by atoms with E-state index < -0.39 is 17.6 Å². The normalized spacial score (nSPS) is 16.0. The lowest BCUT2D eigenvalue weighted by molar-refractivity contribution is -0.137. The largest absolute Gasteiger partial charge is 0.416 e. The van der Waals surface area contributed by atoms with E-state index >= 15 is 0 Å². The smallest absolute Gasteiger partial charge is 0.379 e. The summed E-state index contributed by atoms with van der Waals surface area (Å²) in [7, 11) is 0. The molecule has 1 aliphatic carbocycles. The molecule has 218 valence electrons.